The molecule has 0 aromatic heterocycles. The highest BCUT2D eigenvalue weighted by molar-refractivity contribution is 7.45. The molecule has 2 unspecified atom stereocenters. The summed E-state index contributed by atoms with van der Waals surface area (Å²) >= 11 is 0. The standard InChI is InChI=1S/C39H74NO8P/c1-6-8-10-12-14-16-18-19-20-21-22-24-26-28-30-32-39(42)48-37(36-47-49(43,44)46-34-33-40(3,4)5)35-45-38(41)31-29-27-25-23-17-15-13-11-9-7-2/h11,13,19-20,37H,6-10,12,14-18,21-36H2,1-5H3/b13-11-,20-19-. The van der Waals surface area contributed by atoms with Gasteiger partial charge in [0.1, 0.15) is 19.8 Å². The number of likely N-dealkylation sites (N-methyl/N-ethyl adjacent to an activating group) is 1. The normalized spacial score (nSPS) is 14.0. The molecule has 288 valence electrons. The minimum atomic E-state index is -4.62. The second-order valence-corrected chi connectivity index (χ2v) is 15.7. The maximum Gasteiger partial charge on any atom is 0.306 e. The number of phosphoric ester groups is 1. The van der Waals surface area contributed by atoms with Gasteiger partial charge in [0.15, 0.2) is 6.10 Å². The maximum absolute atomic E-state index is 12.6. The van der Waals surface area contributed by atoms with Crippen molar-refractivity contribution < 1.29 is 42.1 Å². The highest BCUT2D eigenvalue weighted by Crippen LogP contribution is 2.38. The molecule has 10 heteroatoms. The van der Waals surface area contributed by atoms with Crippen LogP contribution in [0, 0.1) is 0 Å². The van der Waals surface area contributed by atoms with Gasteiger partial charge < -0.3 is 27.9 Å². The van der Waals surface area contributed by atoms with Gasteiger partial charge in [-0.2, -0.15) is 0 Å². The van der Waals surface area contributed by atoms with Gasteiger partial charge in [-0.1, -0.05) is 115 Å². The van der Waals surface area contributed by atoms with Gasteiger partial charge in [-0.15, -0.1) is 0 Å². The quantitative estimate of drug-likeness (QED) is 0.0210. The fourth-order valence-electron chi connectivity index (χ4n) is 5.06. The average molecular weight is 716 g/mol. The molecule has 0 saturated heterocycles. The highest BCUT2D eigenvalue weighted by Gasteiger charge is 2.21. The number of unbranched alkanes of at least 4 members (excludes halogenated alkanes) is 17. The van der Waals surface area contributed by atoms with Crippen molar-refractivity contribution in [2.75, 3.05) is 47.5 Å². The molecule has 2 atom stereocenters. The number of nitrogens with zero attached hydrogens (tertiary/aromatic N) is 1. The monoisotopic (exact) mass is 716 g/mol. The number of carbonyl (C=O) groups is 2. The molecule has 0 bridgehead atoms. The summed E-state index contributed by atoms with van der Waals surface area (Å²) in [6.07, 6.45) is 32.1. The summed E-state index contributed by atoms with van der Waals surface area (Å²) in [6.45, 7) is 4.12. The second-order valence-electron chi connectivity index (χ2n) is 14.3. The molecule has 0 aromatic carbocycles. The van der Waals surface area contributed by atoms with Gasteiger partial charge in [0.2, 0.25) is 0 Å². The summed E-state index contributed by atoms with van der Waals surface area (Å²) < 4.78 is 33.7. The van der Waals surface area contributed by atoms with Crippen LogP contribution in [0.4, 0.5) is 0 Å². The van der Waals surface area contributed by atoms with Crippen molar-refractivity contribution in [3.63, 3.8) is 0 Å². The van der Waals surface area contributed by atoms with Crippen LogP contribution in [0.15, 0.2) is 24.3 Å². The number of hydrogen-bond acceptors (Lipinski definition) is 8. The number of ether oxygens (including phenoxy) is 2. The fourth-order valence-corrected chi connectivity index (χ4v) is 5.79. The first-order valence-corrected chi connectivity index (χ1v) is 21.0. The molecule has 0 saturated carbocycles. The molecule has 0 heterocycles. The van der Waals surface area contributed by atoms with Crippen molar-refractivity contribution >= 4 is 19.8 Å². The largest absolute Gasteiger partial charge is 0.756 e. The zero-order valence-corrected chi connectivity index (χ0v) is 33.0. The predicted molar refractivity (Wildman–Crippen MR) is 199 cm³/mol. The lowest BCUT2D eigenvalue weighted by molar-refractivity contribution is -0.870. The maximum atomic E-state index is 12.6. The van der Waals surface area contributed by atoms with E-state index in [1.807, 2.05) is 21.1 Å². The molecule has 0 spiro atoms. The third-order valence-electron chi connectivity index (χ3n) is 8.17. The number of carbonyl (C=O) groups excluding carboxylic acids is 2. The Morgan fingerprint density at radius 1 is 0.612 bits per heavy atom. The summed E-state index contributed by atoms with van der Waals surface area (Å²) in [5, 5.41) is 0. The molecule has 49 heavy (non-hydrogen) atoms. The van der Waals surface area contributed by atoms with Crippen molar-refractivity contribution in [1.29, 1.82) is 0 Å². The van der Waals surface area contributed by atoms with Gasteiger partial charge >= 0.3 is 11.9 Å². The minimum Gasteiger partial charge on any atom is -0.756 e. The molecular formula is C39H74NO8P. The Hall–Kier alpha value is -1.51. The molecule has 9 nitrogen and oxygen atoms in total. The van der Waals surface area contributed by atoms with E-state index in [0.717, 1.165) is 77.0 Å². The Kier molecular flexibility index (Phi) is 31.4. The van der Waals surface area contributed by atoms with Crippen molar-refractivity contribution in [2.45, 2.75) is 168 Å². The molecule has 0 aliphatic rings. The zero-order valence-electron chi connectivity index (χ0n) is 32.1. The van der Waals surface area contributed by atoms with Gasteiger partial charge in [0, 0.05) is 12.8 Å². The summed E-state index contributed by atoms with van der Waals surface area (Å²) in [5.74, 6) is -0.858. The Morgan fingerprint density at radius 3 is 1.59 bits per heavy atom. The van der Waals surface area contributed by atoms with Gasteiger partial charge in [0.05, 0.1) is 27.7 Å². The minimum absolute atomic E-state index is 0.0330. The van der Waals surface area contributed by atoms with Crippen LogP contribution in [0.3, 0.4) is 0 Å². The van der Waals surface area contributed by atoms with E-state index in [1.165, 1.54) is 51.4 Å². The number of phosphoric acid groups is 1. The summed E-state index contributed by atoms with van der Waals surface area (Å²) in [4.78, 5) is 37.3. The lowest BCUT2D eigenvalue weighted by atomic mass is 10.1. The van der Waals surface area contributed by atoms with Crippen LogP contribution in [0.2, 0.25) is 0 Å². The second kappa shape index (κ2) is 32.4. The first-order valence-electron chi connectivity index (χ1n) is 19.5. The van der Waals surface area contributed by atoms with E-state index in [0.29, 0.717) is 17.4 Å². The van der Waals surface area contributed by atoms with Crippen LogP contribution in [0.5, 0.6) is 0 Å². The van der Waals surface area contributed by atoms with Crippen molar-refractivity contribution in [2.24, 2.45) is 0 Å². The first-order chi connectivity index (χ1) is 23.5. The number of esters is 2. The lowest BCUT2D eigenvalue weighted by Crippen LogP contribution is -2.37. The molecule has 0 amide bonds. The Labute approximate surface area is 300 Å². The van der Waals surface area contributed by atoms with E-state index in [9.17, 15) is 19.0 Å². The molecule has 0 aromatic rings. The molecular weight excluding hydrogens is 641 g/mol. The molecule has 0 aliphatic heterocycles. The topological polar surface area (TPSA) is 111 Å². The average Bonchev–Trinajstić information content (AvgIpc) is 3.04. The molecule has 0 rings (SSSR count). The lowest BCUT2D eigenvalue weighted by Gasteiger charge is -2.28. The highest BCUT2D eigenvalue weighted by atomic mass is 31.2. The van der Waals surface area contributed by atoms with Gasteiger partial charge in [-0.05, 0) is 57.8 Å². The SMILES string of the molecule is CCC/C=C\CCCCCCCC(=O)OCC(COP(=O)([O-])OCC[N+](C)(C)C)OC(=O)CCCCCCC/C=C\CCCCCCCC. The predicted octanol–water partition coefficient (Wildman–Crippen LogP) is 9.77. The zero-order chi connectivity index (χ0) is 36.5. The summed E-state index contributed by atoms with van der Waals surface area (Å²) in [5.41, 5.74) is 0. The van der Waals surface area contributed by atoms with Crippen LogP contribution < -0.4 is 4.89 Å². The van der Waals surface area contributed by atoms with E-state index in [4.69, 9.17) is 18.5 Å². The van der Waals surface area contributed by atoms with E-state index in [2.05, 4.69) is 38.2 Å². The molecule has 0 aliphatic carbocycles. The summed E-state index contributed by atoms with van der Waals surface area (Å²) in [7, 11) is 1.15. The van der Waals surface area contributed by atoms with Crippen LogP contribution in [-0.2, 0) is 32.7 Å². The third-order valence-corrected chi connectivity index (χ3v) is 9.14. The van der Waals surface area contributed by atoms with Gasteiger partial charge in [0.25, 0.3) is 7.82 Å². The van der Waals surface area contributed by atoms with Crippen molar-refractivity contribution in [1.82, 2.24) is 0 Å². The van der Waals surface area contributed by atoms with Crippen molar-refractivity contribution in [3.05, 3.63) is 24.3 Å². The molecule has 0 fully saturated rings. The van der Waals surface area contributed by atoms with Gasteiger partial charge in [-0.3, -0.25) is 14.2 Å². The first kappa shape index (κ1) is 47.5. The smallest absolute Gasteiger partial charge is 0.306 e. The van der Waals surface area contributed by atoms with E-state index in [-0.39, 0.29) is 26.1 Å². The fraction of sp³-hybridized carbons (Fsp3) is 0.846. The number of quaternary nitrogens is 1. The van der Waals surface area contributed by atoms with Crippen LogP contribution in [-0.4, -0.2) is 70.0 Å². The van der Waals surface area contributed by atoms with Gasteiger partial charge in [-0.25, -0.2) is 0 Å². The third kappa shape index (κ3) is 36.1. The Balaban J connectivity index is 4.44. The molecule has 0 radical (unpaired) electrons. The van der Waals surface area contributed by atoms with E-state index in [1.54, 1.807) is 0 Å². The molecule has 0 N–H and O–H groups in total. The Bertz CT molecular complexity index is 902. The number of rotatable bonds is 35. The van der Waals surface area contributed by atoms with Crippen molar-refractivity contribution in [3.8, 4) is 0 Å². The van der Waals surface area contributed by atoms with E-state index >= 15 is 0 Å². The number of allylic oxidation sites excluding steroid dienone is 4. The summed E-state index contributed by atoms with van der Waals surface area (Å²) in [6, 6.07) is 0. The van der Waals surface area contributed by atoms with Crippen LogP contribution in [0.25, 0.3) is 0 Å². The Morgan fingerprint density at radius 2 is 1.08 bits per heavy atom. The van der Waals surface area contributed by atoms with Crippen LogP contribution in [0.1, 0.15) is 162 Å². The van der Waals surface area contributed by atoms with E-state index < -0.39 is 32.5 Å². The number of hydrogen-bond donors (Lipinski definition) is 0. The van der Waals surface area contributed by atoms with Crippen LogP contribution >= 0.6 is 7.82 Å².